The molecule has 1 aromatic carbocycles. The summed E-state index contributed by atoms with van der Waals surface area (Å²) in [5, 5.41) is 23.0. The van der Waals surface area contributed by atoms with Crippen LogP contribution in [0.1, 0.15) is 36.7 Å². The Morgan fingerprint density at radius 2 is 2.18 bits per heavy atom. The second kappa shape index (κ2) is 9.26. The van der Waals surface area contributed by atoms with Gasteiger partial charge < -0.3 is 15.2 Å². The van der Waals surface area contributed by atoms with Gasteiger partial charge in [-0.1, -0.05) is 30.3 Å². The Kier molecular flexibility index (Phi) is 6.76. The highest BCUT2D eigenvalue weighted by molar-refractivity contribution is 5.29. The summed E-state index contributed by atoms with van der Waals surface area (Å²) in [7, 11) is 0. The molecule has 0 radical (unpaired) electrons. The number of hydrogen-bond acceptors (Lipinski definition) is 6. The van der Waals surface area contributed by atoms with Crippen molar-refractivity contribution in [3.8, 4) is 6.07 Å². The van der Waals surface area contributed by atoms with Crippen molar-refractivity contribution in [2.75, 3.05) is 26.4 Å². The van der Waals surface area contributed by atoms with Crippen molar-refractivity contribution < 1.29 is 9.84 Å². The fraction of sp³-hybridized carbons (Fsp3) is 0.455. The molecule has 1 aromatic heterocycles. The monoisotopic (exact) mass is 380 g/mol. The fourth-order valence-electron chi connectivity index (χ4n) is 3.71. The van der Waals surface area contributed by atoms with Gasteiger partial charge in [0.25, 0.3) is 0 Å². The predicted molar refractivity (Wildman–Crippen MR) is 107 cm³/mol. The van der Waals surface area contributed by atoms with Crippen molar-refractivity contribution in [3.63, 3.8) is 0 Å². The first kappa shape index (κ1) is 20.4. The zero-order chi connectivity index (χ0) is 20.0. The largest absolute Gasteiger partial charge is 0.394 e. The number of aliphatic hydroxyl groups is 1. The zero-order valence-corrected chi connectivity index (χ0v) is 16.5. The van der Waals surface area contributed by atoms with E-state index in [0.29, 0.717) is 25.3 Å². The summed E-state index contributed by atoms with van der Waals surface area (Å²) in [6, 6.07) is 16.1. The molecule has 0 amide bonds. The SMILES string of the molecule is CC(NC[C@]1(CO)COC[C@@H](C)N1Cc1ccccc1)c1cc(C#N)ccn1. The molecule has 28 heavy (non-hydrogen) atoms. The molecule has 2 heterocycles. The molecule has 1 fully saturated rings. The van der Waals surface area contributed by atoms with Crippen molar-refractivity contribution >= 4 is 0 Å². The van der Waals surface area contributed by atoms with E-state index in [-0.39, 0.29) is 18.7 Å². The average molecular weight is 380 g/mol. The van der Waals surface area contributed by atoms with E-state index in [9.17, 15) is 5.11 Å². The molecule has 1 aliphatic rings. The number of pyridine rings is 1. The third kappa shape index (κ3) is 4.57. The first-order chi connectivity index (χ1) is 13.6. The minimum absolute atomic E-state index is 0.00441. The summed E-state index contributed by atoms with van der Waals surface area (Å²) in [5.74, 6) is 0. The molecule has 148 valence electrons. The number of benzene rings is 1. The standard InChI is InChI=1S/C22H28N4O2/c1-17-13-28-16-22(15-27,26(17)12-19-6-4-3-5-7-19)14-25-18(2)21-10-20(11-23)8-9-24-21/h3-10,17-18,25,27H,12-16H2,1-2H3/t17-,18?,22+/m1/s1. The molecule has 0 bridgehead atoms. The molecule has 1 saturated heterocycles. The van der Waals surface area contributed by atoms with Gasteiger partial charge in [0.15, 0.2) is 0 Å². The highest BCUT2D eigenvalue weighted by Gasteiger charge is 2.42. The van der Waals surface area contributed by atoms with Crippen LogP contribution in [0.2, 0.25) is 0 Å². The molecule has 2 aromatic rings. The number of nitrogens with one attached hydrogen (secondary N) is 1. The van der Waals surface area contributed by atoms with Crippen molar-refractivity contribution in [3.05, 3.63) is 65.5 Å². The molecular weight excluding hydrogens is 352 g/mol. The maximum Gasteiger partial charge on any atom is 0.0992 e. The first-order valence-electron chi connectivity index (χ1n) is 9.67. The smallest absolute Gasteiger partial charge is 0.0992 e. The van der Waals surface area contributed by atoms with E-state index >= 15 is 0 Å². The van der Waals surface area contributed by atoms with Crippen LogP contribution in [-0.2, 0) is 11.3 Å². The van der Waals surface area contributed by atoms with Gasteiger partial charge in [-0.3, -0.25) is 9.88 Å². The lowest BCUT2D eigenvalue weighted by molar-refractivity contribution is -0.123. The van der Waals surface area contributed by atoms with Crippen LogP contribution >= 0.6 is 0 Å². The van der Waals surface area contributed by atoms with Gasteiger partial charge in [-0.15, -0.1) is 0 Å². The zero-order valence-electron chi connectivity index (χ0n) is 16.5. The normalized spacial score (nSPS) is 23.9. The van der Waals surface area contributed by atoms with Gasteiger partial charge in [-0.25, -0.2) is 0 Å². The Balaban J connectivity index is 1.76. The van der Waals surface area contributed by atoms with E-state index in [0.717, 1.165) is 12.2 Å². The van der Waals surface area contributed by atoms with Gasteiger partial charge in [0, 0.05) is 31.4 Å². The van der Waals surface area contributed by atoms with E-state index in [1.54, 1.807) is 18.3 Å². The lowest BCUT2D eigenvalue weighted by atomic mass is 9.93. The van der Waals surface area contributed by atoms with Crippen LogP contribution in [-0.4, -0.2) is 52.9 Å². The summed E-state index contributed by atoms with van der Waals surface area (Å²) in [5.41, 5.74) is 2.10. The molecule has 1 unspecified atom stereocenters. The van der Waals surface area contributed by atoms with Crippen molar-refractivity contribution in [1.82, 2.24) is 15.2 Å². The summed E-state index contributed by atoms with van der Waals surface area (Å²) in [6.45, 7) is 6.57. The Morgan fingerprint density at radius 1 is 1.39 bits per heavy atom. The summed E-state index contributed by atoms with van der Waals surface area (Å²) in [4.78, 5) is 6.72. The highest BCUT2D eigenvalue weighted by atomic mass is 16.5. The maximum atomic E-state index is 10.4. The van der Waals surface area contributed by atoms with E-state index in [2.05, 4.69) is 40.3 Å². The van der Waals surface area contributed by atoms with Crippen molar-refractivity contribution in [2.24, 2.45) is 0 Å². The van der Waals surface area contributed by atoms with Crippen LogP contribution < -0.4 is 5.32 Å². The maximum absolute atomic E-state index is 10.4. The van der Waals surface area contributed by atoms with E-state index < -0.39 is 5.54 Å². The minimum Gasteiger partial charge on any atom is -0.394 e. The Hall–Kier alpha value is -2.30. The Bertz CT molecular complexity index is 808. The van der Waals surface area contributed by atoms with Gasteiger partial charge in [0.1, 0.15) is 0 Å². The van der Waals surface area contributed by atoms with Gasteiger partial charge in [0.05, 0.1) is 42.7 Å². The quantitative estimate of drug-likeness (QED) is 0.767. The van der Waals surface area contributed by atoms with E-state index in [4.69, 9.17) is 10.00 Å². The Morgan fingerprint density at radius 3 is 2.89 bits per heavy atom. The lowest BCUT2D eigenvalue weighted by Gasteiger charge is -2.50. The van der Waals surface area contributed by atoms with Crippen LogP contribution in [0.5, 0.6) is 0 Å². The third-order valence-corrected chi connectivity index (χ3v) is 5.45. The van der Waals surface area contributed by atoms with Gasteiger partial charge in [-0.2, -0.15) is 5.26 Å². The molecule has 0 spiro atoms. The van der Waals surface area contributed by atoms with Crippen molar-refractivity contribution in [2.45, 2.75) is 38.0 Å². The number of morpholine rings is 1. The number of aromatic nitrogens is 1. The third-order valence-electron chi connectivity index (χ3n) is 5.45. The topological polar surface area (TPSA) is 81.4 Å². The molecule has 0 aliphatic carbocycles. The second-order valence-electron chi connectivity index (χ2n) is 7.54. The summed E-state index contributed by atoms with van der Waals surface area (Å²) >= 11 is 0. The number of ether oxygens (including phenoxy) is 1. The number of hydrogen-bond donors (Lipinski definition) is 2. The van der Waals surface area contributed by atoms with Crippen LogP contribution in [0, 0.1) is 11.3 Å². The van der Waals surface area contributed by atoms with Crippen LogP contribution in [0.3, 0.4) is 0 Å². The second-order valence-corrected chi connectivity index (χ2v) is 7.54. The first-order valence-corrected chi connectivity index (χ1v) is 9.67. The van der Waals surface area contributed by atoms with Gasteiger partial charge in [-0.05, 0) is 31.5 Å². The van der Waals surface area contributed by atoms with Crippen LogP contribution in [0.15, 0.2) is 48.7 Å². The van der Waals surface area contributed by atoms with Gasteiger partial charge in [0.2, 0.25) is 0 Å². The van der Waals surface area contributed by atoms with E-state index in [1.807, 2.05) is 25.1 Å². The van der Waals surface area contributed by atoms with Crippen molar-refractivity contribution in [1.29, 1.82) is 5.26 Å². The van der Waals surface area contributed by atoms with E-state index in [1.165, 1.54) is 5.56 Å². The molecule has 1 aliphatic heterocycles. The molecule has 2 N–H and O–H groups in total. The number of nitriles is 1. The molecule has 3 rings (SSSR count). The number of rotatable bonds is 7. The molecule has 3 atom stereocenters. The fourth-order valence-corrected chi connectivity index (χ4v) is 3.71. The molecular formula is C22H28N4O2. The molecule has 0 saturated carbocycles. The lowest BCUT2D eigenvalue weighted by Crippen LogP contribution is -2.66. The highest BCUT2D eigenvalue weighted by Crippen LogP contribution is 2.27. The molecule has 6 nitrogen and oxygen atoms in total. The molecule has 6 heteroatoms. The van der Waals surface area contributed by atoms with Gasteiger partial charge >= 0.3 is 0 Å². The van der Waals surface area contributed by atoms with Crippen LogP contribution in [0.25, 0.3) is 0 Å². The number of aliphatic hydroxyl groups excluding tert-OH is 1. The predicted octanol–water partition coefficient (Wildman–Crippen LogP) is 2.26. The summed E-state index contributed by atoms with van der Waals surface area (Å²) < 4.78 is 5.83. The average Bonchev–Trinajstić information content (AvgIpc) is 2.75. The Labute approximate surface area is 166 Å². The summed E-state index contributed by atoms with van der Waals surface area (Å²) in [6.07, 6.45) is 1.65. The number of nitrogens with zero attached hydrogens (tertiary/aromatic N) is 3. The van der Waals surface area contributed by atoms with Crippen LogP contribution in [0.4, 0.5) is 0 Å². The minimum atomic E-state index is -0.519.